The van der Waals surface area contributed by atoms with Crippen LogP contribution >= 0.6 is 0 Å². The van der Waals surface area contributed by atoms with E-state index in [4.69, 9.17) is 0 Å². The lowest BCUT2D eigenvalue weighted by molar-refractivity contribution is 0.234. The van der Waals surface area contributed by atoms with Crippen molar-refractivity contribution in [3.63, 3.8) is 0 Å². The van der Waals surface area contributed by atoms with Crippen LogP contribution in [-0.4, -0.2) is 26.5 Å². The molecule has 0 bridgehead atoms. The van der Waals surface area contributed by atoms with E-state index in [1.807, 2.05) is 4.68 Å². The summed E-state index contributed by atoms with van der Waals surface area (Å²) in [6, 6.07) is 0. The minimum Gasteiger partial charge on any atom is -0.396 e. The lowest BCUT2D eigenvalue weighted by Crippen LogP contribution is -2.19. The second-order valence-electron chi connectivity index (χ2n) is 4.23. The van der Waals surface area contributed by atoms with Crippen LogP contribution in [0.2, 0.25) is 0 Å². The van der Waals surface area contributed by atoms with Gasteiger partial charge in [-0.15, -0.1) is 0 Å². The molecule has 0 saturated carbocycles. The van der Waals surface area contributed by atoms with E-state index in [1.165, 1.54) is 0 Å². The molecule has 78 valence electrons. The van der Waals surface area contributed by atoms with E-state index < -0.39 is 0 Å². The largest absolute Gasteiger partial charge is 0.396 e. The van der Waals surface area contributed by atoms with Crippen LogP contribution in [0.4, 0.5) is 0 Å². The van der Waals surface area contributed by atoms with Crippen LogP contribution in [0.1, 0.15) is 50.2 Å². The monoisotopic (exact) mass is 195 g/mol. The maximum atomic E-state index is 9.20. The number of fused-ring (bicyclic) bond motifs is 1. The Labute approximate surface area is 84.0 Å². The Kier molecular flexibility index (Phi) is 2.54. The van der Waals surface area contributed by atoms with Crippen LogP contribution < -0.4 is 0 Å². The highest BCUT2D eigenvalue weighted by molar-refractivity contribution is 5.04. The molecule has 1 aliphatic rings. The molecule has 14 heavy (non-hydrogen) atoms. The van der Waals surface area contributed by atoms with E-state index >= 15 is 0 Å². The van der Waals surface area contributed by atoms with E-state index in [-0.39, 0.29) is 12.5 Å². The average Bonchev–Trinajstić information content (AvgIpc) is 2.60. The lowest BCUT2D eigenvalue weighted by atomic mass is 10.0. The number of aliphatic hydroxyl groups is 1. The van der Waals surface area contributed by atoms with Gasteiger partial charge in [0, 0.05) is 18.4 Å². The van der Waals surface area contributed by atoms with Crippen molar-refractivity contribution in [3.05, 3.63) is 11.6 Å². The number of aromatic nitrogens is 3. The minimum absolute atomic E-state index is 0.191. The van der Waals surface area contributed by atoms with Gasteiger partial charge in [-0.2, -0.15) is 5.10 Å². The van der Waals surface area contributed by atoms with Gasteiger partial charge in [-0.25, -0.2) is 9.67 Å². The topological polar surface area (TPSA) is 50.9 Å². The van der Waals surface area contributed by atoms with Crippen LogP contribution in [0.15, 0.2) is 0 Å². The van der Waals surface area contributed by atoms with E-state index in [1.54, 1.807) is 0 Å². The molecule has 0 aliphatic carbocycles. The van der Waals surface area contributed by atoms with Gasteiger partial charge in [-0.1, -0.05) is 13.8 Å². The molecule has 0 amide bonds. The molecule has 0 aromatic carbocycles. The Morgan fingerprint density at radius 2 is 2.36 bits per heavy atom. The van der Waals surface area contributed by atoms with Gasteiger partial charge in [0.05, 0.1) is 6.61 Å². The number of aliphatic hydroxyl groups excluding tert-OH is 1. The van der Waals surface area contributed by atoms with E-state index in [9.17, 15) is 5.11 Å². The Bertz CT molecular complexity index is 319. The molecule has 1 aromatic rings. The number of hydrogen-bond acceptors (Lipinski definition) is 3. The molecule has 0 saturated heterocycles. The zero-order chi connectivity index (χ0) is 10.1. The minimum atomic E-state index is 0.191. The summed E-state index contributed by atoms with van der Waals surface area (Å²) in [5, 5.41) is 13.6. The van der Waals surface area contributed by atoms with Crippen molar-refractivity contribution in [1.29, 1.82) is 0 Å². The standard InChI is InChI=1S/C10H17N3O/c1-7(2)9-11-10-8(6-14)4-3-5-13(10)12-9/h7-8,14H,3-6H2,1-2H3. The quantitative estimate of drug-likeness (QED) is 0.773. The zero-order valence-electron chi connectivity index (χ0n) is 8.77. The highest BCUT2D eigenvalue weighted by atomic mass is 16.3. The van der Waals surface area contributed by atoms with Gasteiger partial charge < -0.3 is 5.11 Å². The molecular weight excluding hydrogens is 178 g/mol. The molecule has 2 rings (SSSR count). The lowest BCUT2D eigenvalue weighted by Gasteiger charge is -2.19. The second kappa shape index (κ2) is 3.69. The van der Waals surface area contributed by atoms with E-state index in [0.717, 1.165) is 31.0 Å². The van der Waals surface area contributed by atoms with Crippen molar-refractivity contribution in [2.75, 3.05) is 6.61 Å². The van der Waals surface area contributed by atoms with Crippen molar-refractivity contribution >= 4 is 0 Å². The first-order valence-corrected chi connectivity index (χ1v) is 5.28. The van der Waals surface area contributed by atoms with Crippen molar-refractivity contribution in [1.82, 2.24) is 14.8 Å². The number of aryl methyl sites for hydroxylation is 1. The fourth-order valence-electron chi connectivity index (χ4n) is 1.87. The van der Waals surface area contributed by atoms with Crippen LogP contribution in [0.5, 0.6) is 0 Å². The maximum absolute atomic E-state index is 9.20. The van der Waals surface area contributed by atoms with Crippen molar-refractivity contribution < 1.29 is 5.11 Å². The zero-order valence-corrected chi connectivity index (χ0v) is 8.77. The molecule has 1 atom stereocenters. The summed E-state index contributed by atoms with van der Waals surface area (Å²) in [4.78, 5) is 4.49. The van der Waals surface area contributed by atoms with Crippen molar-refractivity contribution in [2.45, 2.75) is 45.1 Å². The third-order valence-electron chi connectivity index (χ3n) is 2.74. The fraction of sp³-hybridized carbons (Fsp3) is 0.800. The highest BCUT2D eigenvalue weighted by Gasteiger charge is 2.24. The third kappa shape index (κ3) is 1.54. The molecule has 0 fully saturated rings. The van der Waals surface area contributed by atoms with E-state index in [2.05, 4.69) is 23.9 Å². The summed E-state index contributed by atoms with van der Waals surface area (Å²) in [6.45, 7) is 5.33. The normalized spacial score (nSPS) is 21.3. The molecule has 1 aromatic heterocycles. The van der Waals surface area contributed by atoms with Crippen LogP contribution in [0, 0.1) is 0 Å². The van der Waals surface area contributed by atoms with Gasteiger partial charge in [0.2, 0.25) is 0 Å². The predicted molar refractivity (Wildman–Crippen MR) is 53.2 cm³/mol. The summed E-state index contributed by atoms with van der Waals surface area (Å²) in [7, 11) is 0. The van der Waals surface area contributed by atoms with Crippen LogP contribution in [-0.2, 0) is 6.54 Å². The first-order chi connectivity index (χ1) is 6.72. The summed E-state index contributed by atoms with van der Waals surface area (Å²) < 4.78 is 1.96. The summed E-state index contributed by atoms with van der Waals surface area (Å²) in [5.41, 5.74) is 0. The SMILES string of the molecule is CC(C)c1nc2n(n1)CCCC2CO. The highest BCUT2D eigenvalue weighted by Crippen LogP contribution is 2.26. The maximum Gasteiger partial charge on any atom is 0.153 e. The summed E-state index contributed by atoms with van der Waals surface area (Å²) in [5.74, 6) is 2.44. The molecule has 1 aliphatic heterocycles. The van der Waals surface area contributed by atoms with Crippen LogP contribution in [0.25, 0.3) is 0 Å². The second-order valence-corrected chi connectivity index (χ2v) is 4.23. The molecule has 4 nitrogen and oxygen atoms in total. The number of hydrogen-bond donors (Lipinski definition) is 1. The molecule has 1 unspecified atom stereocenters. The molecule has 1 N–H and O–H groups in total. The Hall–Kier alpha value is -0.900. The first-order valence-electron chi connectivity index (χ1n) is 5.28. The fourth-order valence-corrected chi connectivity index (χ4v) is 1.87. The Balaban J connectivity index is 2.33. The predicted octanol–water partition coefficient (Wildman–Crippen LogP) is 1.27. The number of rotatable bonds is 2. The van der Waals surface area contributed by atoms with Gasteiger partial charge in [-0.05, 0) is 12.8 Å². The Morgan fingerprint density at radius 1 is 1.57 bits per heavy atom. The molecule has 0 radical (unpaired) electrons. The average molecular weight is 195 g/mol. The molecule has 4 heteroatoms. The molecular formula is C10H17N3O. The first kappa shape index (κ1) is 9.65. The van der Waals surface area contributed by atoms with Crippen LogP contribution in [0.3, 0.4) is 0 Å². The molecule has 0 spiro atoms. The van der Waals surface area contributed by atoms with Crippen molar-refractivity contribution in [3.8, 4) is 0 Å². The summed E-state index contributed by atoms with van der Waals surface area (Å²) >= 11 is 0. The van der Waals surface area contributed by atoms with Gasteiger partial charge in [-0.3, -0.25) is 0 Å². The smallest absolute Gasteiger partial charge is 0.153 e. The van der Waals surface area contributed by atoms with Gasteiger partial charge in [0.1, 0.15) is 5.82 Å². The molecule has 2 heterocycles. The van der Waals surface area contributed by atoms with Gasteiger partial charge in [0.15, 0.2) is 5.82 Å². The van der Waals surface area contributed by atoms with E-state index in [0.29, 0.717) is 5.92 Å². The summed E-state index contributed by atoms with van der Waals surface area (Å²) in [6.07, 6.45) is 2.13. The number of nitrogens with zero attached hydrogens (tertiary/aromatic N) is 3. The van der Waals surface area contributed by atoms with Crippen molar-refractivity contribution in [2.24, 2.45) is 0 Å². The van der Waals surface area contributed by atoms with Gasteiger partial charge in [0.25, 0.3) is 0 Å². The Morgan fingerprint density at radius 3 is 3.00 bits per heavy atom. The van der Waals surface area contributed by atoms with Gasteiger partial charge >= 0.3 is 0 Å². The third-order valence-corrected chi connectivity index (χ3v) is 2.74.